The molecule has 0 atom stereocenters. The van der Waals surface area contributed by atoms with Crippen LogP contribution in [0.1, 0.15) is 14.3 Å². The summed E-state index contributed by atoms with van der Waals surface area (Å²) in [5, 5.41) is 16.6. The molecule has 2 N–H and O–H groups in total. The van der Waals surface area contributed by atoms with Crippen LogP contribution >= 0.6 is 0 Å². The molecule has 7 heteroatoms. The second-order valence-electron chi connectivity index (χ2n) is 6.98. The summed E-state index contributed by atoms with van der Waals surface area (Å²) in [5.41, 5.74) is 5.14. The van der Waals surface area contributed by atoms with E-state index < -0.39 is 16.1 Å². The molecular weight excluding hydrogens is 330 g/mol. The summed E-state index contributed by atoms with van der Waals surface area (Å²) in [4.78, 5) is 0. The van der Waals surface area contributed by atoms with Crippen LogP contribution in [0.5, 0.6) is 0 Å². The number of hydrogen-bond donors (Lipinski definition) is 2. The van der Waals surface area contributed by atoms with Crippen LogP contribution in [0.25, 0.3) is 0 Å². The van der Waals surface area contributed by atoms with Gasteiger partial charge in [0.05, 0.1) is 14.7 Å². The molecule has 1 aliphatic rings. The maximum atomic E-state index is 8.36. The van der Waals surface area contributed by atoms with Crippen molar-refractivity contribution in [3.63, 3.8) is 0 Å². The van der Waals surface area contributed by atoms with E-state index in [2.05, 4.69) is 56.4 Å². The van der Waals surface area contributed by atoms with Crippen LogP contribution in [-0.2, 0) is 4.74 Å². The van der Waals surface area contributed by atoms with E-state index in [1.54, 1.807) is 0 Å². The second kappa shape index (κ2) is 19.1. The second-order valence-corrected chi connectivity index (χ2v) is 16.8. The molecule has 0 aromatic heterocycles. The first-order valence-corrected chi connectivity index (χ1v) is 14.7. The predicted octanol–water partition coefficient (Wildman–Crippen LogP) is -0.999. The van der Waals surface area contributed by atoms with E-state index in [1.165, 1.54) is 12.8 Å². The van der Waals surface area contributed by atoms with Crippen LogP contribution in [0.15, 0.2) is 11.8 Å². The fourth-order valence-electron chi connectivity index (χ4n) is 1.22. The van der Waals surface area contributed by atoms with E-state index in [0.717, 1.165) is 13.2 Å². The minimum absolute atomic E-state index is 0. The Morgan fingerprint density at radius 2 is 1.52 bits per heavy atom. The Bertz CT molecular complexity index is 323. The maximum Gasteiger partial charge on any atom is 1.00 e. The molecule has 0 radical (unpaired) electrons. The van der Waals surface area contributed by atoms with Crippen molar-refractivity contribution in [1.29, 1.82) is 0 Å². The van der Waals surface area contributed by atoms with E-state index in [0.29, 0.717) is 0 Å². The number of rotatable bonds is 2. The minimum Gasteiger partial charge on any atom is -1.00 e. The van der Waals surface area contributed by atoms with Gasteiger partial charge in [0.25, 0.3) is 0 Å². The molecule has 1 aliphatic heterocycles. The molecule has 0 spiro atoms. The molecule has 0 amide bonds. The van der Waals surface area contributed by atoms with E-state index in [1.807, 2.05) is 6.08 Å². The maximum absolute atomic E-state index is 8.36. The molecule has 1 saturated heterocycles. The zero-order valence-corrected chi connectivity index (χ0v) is 17.7. The van der Waals surface area contributed by atoms with Gasteiger partial charge in [-0.2, -0.15) is 0 Å². The number of aliphatic hydroxyl groups is 2. The molecule has 3 nitrogen and oxygen atoms in total. The Kier molecular flexibility index (Phi) is 26.1. The molecular formula is C16H38AlLiO3Si2. The summed E-state index contributed by atoms with van der Waals surface area (Å²) in [6, 6.07) is 0. The zero-order valence-electron chi connectivity index (χ0n) is 16.7. The van der Waals surface area contributed by atoms with Gasteiger partial charge in [-0.3, -0.25) is 0 Å². The van der Waals surface area contributed by atoms with Crippen molar-refractivity contribution in [2.24, 2.45) is 0 Å². The first-order valence-electron chi connectivity index (χ1n) is 7.59. The van der Waals surface area contributed by atoms with E-state index >= 15 is 0 Å². The van der Waals surface area contributed by atoms with Crippen molar-refractivity contribution in [2.75, 3.05) is 26.4 Å². The van der Waals surface area contributed by atoms with Crippen molar-refractivity contribution in [3.8, 4) is 11.5 Å². The summed E-state index contributed by atoms with van der Waals surface area (Å²) in [7, 11) is -2.22. The predicted molar refractivity (Wildman–Crippen MR) is 109 cm³/mol. The average molecular weight is 369 g/mol. The van der Waals surface area contributed by atoms with Crippen LogP contribution in [0.2, 0.25) is 39.3 Å². The van der Waals surface area contributed by atoms with Crippen LogP contribution in [0.4, 0.5) is 0 Å². The average Bonchev–Trinajstić information content (AvgIpc) is 2.92. The smallest absolute Gasteiger partial charge is 1.00 e. The number of hydrogen-bond acceptors (Lipinski definition) is 3. The van der Waals surface area contributed by atoms with Gasteiger partial charge in [-0.25, -0.2) is 0 Å². The van der Waals surface area contributed by atoms with Gasteiger partial charge in [-0.15, -0.1) is 5.54 Å². The normalized spacial score (nSPS) is 13.2. The zero-order chi connectivity index (χ0) is 16.8. The van der Waals surface area contributed by atoms with Gasteiger partial charge >= 0.3 is 18.9 Å². The van der Waals surface area contributed by atoms with Crippen LogP contribution < -0.4 is 18.9 Å². The molecule has 0 bridgehead atoms. The molecule has 0 unspecified atom stereocenters. The minimum atomic E-state index is -1.20. The molecule has 0 saturated carbocycles. The van der Waals surface area contributed by atoms with Crippen molar-refractivity contribution < 1.29 is 35.2 Å². The van der Waals surface area contributed by atoms with E-state index in [4.69, 9.17) is 14.9 Å². The SMILES string of the molecule is C1CCOC1.C[Si](C)(C)/C=C/CO.C[Si](C)(C)C#CCO.[AlH3].[H-].[Li+]. The molecule has 0 aliphatic carbocycles. The fourth-order valence-corrected chi connectivity index (χ4v) is 2.64. The van der Waals surface area contributed by atoms with E-state index in [9.17, 15) is 0 Å². The Morgan fingerprint density at radius 1 is 1.04 bits per heavy atom. The third kappa shape index (κ3) is 39.5. The summed E-state index contributed by atoms with van der Waals surface area (Å²) in [5.74, 6) is 2.66. The number of aliphatic hydroxyl groups excluding tert-OH is 2. The van der Waals surface area contributed by atoms with Gasteiger partial charge in [0.1, 0.15) is 14.7 Å². The molecule has 0 aromatic rings. The monoisotopic (exact) mass is 368 g/mol. The van der Waals surface area contributed by atoms with Gasteiger partial charge in [0.2, 0.25) is 0 Å². The van der Waals surface area contributed by atoms with Gasteiger partial charge in [0, 0.05) is 13.2 Å². The first-order chi connectivity index (χ1) is 9.62. The fraction of sp³-hybridized carbons (Fsp3) is 0.750. The van der Waals surface area contributed by atoms with Crippen molar-refractivity contribution in [1.82, 2.24) is 0 Å². The van der Waals surface area contributed by atoms with Crippen molar-refractivity contribution in [3.05, 3.63) is 11.8 Å². The Hall–Kier alpha value is 0.744. The first kappa shape index (κ1) is 31.5. The Morgan fingerprint density at radius 3 is 1.65 bits per heavy atom. The van der Waals surface area contributed by atoms with Crippen molar-refractivity contribution >= 4 is 33.5 Å². The molecule has 1 heterocycles. The van der Waals surface area contributed by atoms with Crippen molar-refractivity contribution in [2.45, 2.75) is 52.1 Å². The van der Waals surface area contributed by atoms with Crippen LogP contribution in [-0.4, -0.2) is 70.1 Å². The third-order valence-electron chi connectivity index (χ3n) is 2.09. The molecule has 23 heavy (non-hydrogen) atoms. The topological polar surface area (TPSA) is 49.7 Å². The van der Waals surface area contributed by atoms with Gasteiger partial charge in [-0.1, -0.05) is 57.0 Å². The van der Waals surface area contributed by atoms with Gasteiger partial charge in [-0.05, 0) is 12.8 Å². The molecule has 1 rings (SSSR count). The molecule has 132 valence electrons. The summed E-state index contributed by atoms with van der Waals surface area (Å²) < 4.78 is 4.94. The Balaban J connectivity index is -0.0000000721. The quantitative estimate of drug-likeness (QED) is 0.486. The summed E-state index contributed by atoms with van der Waals surface area (Å²) >= 11 is 0. The van der Waals surface area contributed by atoms with Gasteiger partial charge in [0.15, 0.2) is 17.4 Å². The van der Waals surface area contributed by atoms with Crippen LogP contribution in [0.3, 0.4) is 0 Å². The molecule has 1 fully saturated rings. The third-order valence-corrected chi connectivity index (χ3v) is 4.26. The van der Waals surface area contributed by atoms with E-state index in [-0.39, 0.29) is 50.9 Å². The summed E-state index contributed by atoms with van der Waals surface area (Å²) in [6.45, 7) is 15.3. The standard InChI is InChI=1S/C6H14OSi.C6H12OSi.C4H8O.Al.Li.4H/c2*1-8(2,3)6-4-5-7;1-2-4-5-3-1;;;;;;/h4,6-7H,5H2,1-3H3;7H,5H2,1-3H3;1-4H2;;;;;;/q;;;;+1;;;;-1/b6-4+;;;;;;;;. The van der Waals surface area contributed by atoms with Crippen LogP contribution in [0, 0.1) is 11.5 Å². The Labute approximate surface area is 170 Å². The molecule has 0 aromatic carbocycles. The summed E-state index contributed by atoms with van der Waals surface area (Å²) in [6.07, 6.45) is 4.38. The number of ether oxygens (including phenoxy) is 1. The van der Waals surface area contributed by atoms with Gasteiger partial charge < -0.3 is 16.4 Å². The largest absolute Gasteiger partial charge is 1.00 e.